The predicted molar refractivity (Wildman–Crippen MR) is 72.7 cm³/mol. The van der Waals surface area contributed by atoms with Gasteiger partial charge in [-0.2, -0.15) is 0 Å². The minimum absolute atomic E-state index is 0.798. The van der Waals surface area contributed by atoms with Crippen LogP contribution < -0.4 is 5.32 Å². The Morgan fingerprint density at radius 2 is 1.94 bits per heavy atom. The fraction of sp³-hybridized carbons (Fsp3) is 1.00. The van der Waals surface area contributed by atoms with Crippen LogP contribution in [0.4, 0.5) is 0 Å². The molecule has 96 valence electrons. The second-order valence-corrected chi connectivity index (χ2v) is 6.09. The van der Waals surface area contributed by atoms with E-state index in [1.165, 1.54) is 44.9 Å². The van der Waals surface area contributed by atoms with E-state index < -0.39 is 0 Å². The highest BCUT2D eigenvalue weighted by atomic mass is 14.9. The van der Waals surface area contributed by atoms with E-state index in [0.717, 1.165) is 23.8 Å². The summed E-state index contributed by atoms with van der Waals surface area (Å²) in [7, 11) is 2.15. The number of hydrogen-bond acceptors (Lipinski definition) is 1. The molecular formula is C15H31N. The average molecular weight is 225 g/mol. The average Bonchev–Trinajstić information content (AvgIpc) is 2.27. The molecule has 0 spiro atoms. The summed E-state index contributed by atoms with van der Waals surface area (Å²) in [6, 6.07) is 0.798. The van der Waals surface area contributed by atoms with Gasteiger partial charge in [-0.3, -0.25) is 0 Å². The molecular weight excluding hydrogens is 194 g/mol. The molecule has 0 saturated heterocycles. The Morgan fingerprint density at radius 1 is 1.19 bits per heavy atom. The van der Waals surface area contributed by atoms with E-state index in [9.17, 15) is 0 Å². The molecule has 0 aromatic carbocycles. The molecule has 1 N–H and O–H groups in total. The third-order valence-electron chi connectivity index (χ3n) is 4.27. The van der Waals surface area contributed by atoms with Crippen LogP contribution in [0.5, 0.6) is 0 Å². The van der Waals surface area contributed by atoms with Crippen LogP contribution in [-0.4, -0.2) is 13.1 Å². The Bertz CT molecular complexity index is 176. The van der Waals surface area contributed by atoms with Crippen molar-refractivity contribution in [2.75, 3.05) is 7.05 Å². The summed E-state index contributed by atoms with van der Waals surface area (Å²) in [6.45, 7) is 7.02. The van der Waals surface area contributed by atoms with E-state index in [0.29, 0.717) is 0 Å². The fourth-order valence-electron chi connectivity index (χ4n) is 3.28. The Hall–Kier alpha value is -0.0400. The SMILES string of the molecule is CCCC1CCC(NC)C(CCC(C)C)C1. The molecule has 0 heterocycles. The van der Waals surface area contributed by atoms with Crippen LogP contribution >= 0.6 is 0 Å². The number of nitrogens with one attached hydrogen (secondary N) is 1. The summed E-state index contributed by atoms with van der Waals surface area (Å²) in [5.41, 5.74) is 0. The summed E-state index contributed by atoms with van der Waals surface area (Å²) >= 11 is 0. The molecule has 1 nitrogen and oxygen atoms in total. The standard InChI is InChI=1S/C15H31N/c1-5-6-13-8-10-15(16-4)14(11-13)9-7-12(2)3/h12-16H,5-11H2,1-4H3. The molecule has 0 aliphatic heterocycles. The first-order valence-corrected chi connectivity index (χ1v) is 7.34. The lowest BCUT2D eigenvalue weighted by molar-refractivity contribution is 0.185. The van der Waals surface area contributed by atoms with Crippen LogP contribution in [0.15, 0.2) is 0 Å². The molecule has 0 bridgehead atoms. The van der Waals surface area contributed by atoms with Crippen molar-refractivity contribution < 1.29 is 0 Å². The summed E-state index contributed by atoms with van der Waals surface area (Å²) in [6.07, 6.45) is 10.00. The van der Waals surface area contributed by atoms with E-state index >= 15 is 0 Å². The molecule has 0 amide bonds. The molecule has 3 unspecified atom stereocenters. The first kappa shape index (κ1) is 14.0. The van der Waals surface area contributed by atoms with Gasteiger partial charge in [-0.05, 0) is 50.5 Å². The van der Waals surface area contributed by atoms with Gasteiger partial charge < -0.3 is 5.32 Å². The van der Waals surface area contributed by atoms with Gasteiger partial charge in [-0.1, -0.05) is 40.0 Å². The van der Waals surface area contributed by atoms with Gasteiger partial charge in [-0.25, -0.2) is 0 Å². The Kier molecular flexibility index (Phi) is 6.41. The van der Waals surface area contributed by atoms with Crippen molar-refractivity contribution in [3.05, 3.63) is 0 Å². The minimum atomic E-state index is 0.798. The van der Waals surface area contributed by atoms with Crippen molar-refractivity contribution in [3.8, 4) is 0 Å². The second kappa shape index (κ2) is 7.32. The van der Waals surface area contributed by atoms with Gasteiger partial charge in [0, 0.05) is 6.04 Å². The lowest BCUT2D eigenvalue weighted by Gasteiger charge is -2.36. The normalized spacial score (nSPS) is 30.9. The van der Waals surface area contributed by atoms with Crippen LogP contribution in [-0.2, 0) is 0 Å². The van der Waals surface area contributed by atoms with E-state index in [4.69, 9.17) is 0 Å². The van der Waals surface area contributed by atoms with Gasteiger partial charge in [0.1, 0.15) is 0 Å². The monoisotopic (exact) mass is 225 g/mol. The van der Waals surface area contributed by atoms with Gasteiger partial charge in [0.25, 0.3) is 0 Å². The maximum absolute atomic E-state index is 3.54. The summed E-state index contributed by atoms with van der Waals surface area (Å²) < 4.78 is 0. The van der Waals surface area contributed by atoms with Crippen molar-refractivity contribution >= 4 is 0 Å². The van der Waals surface area contributed by atoms with Crippen molar-refractivity contribution in [2.45, 2.75) is 71.8 Å². The van der Waals surface area contributed by atoms with Crippen LogP contribution in [0.3, 0.4) is 0 Å². The Morgan fingerprint density at radius 3 is 2.50 bits per heavy atom. The molecule has 3 atom stereocenters. The number of rotatable bonds is 6. The molecule has 0 aromatic rings. The summed E-state index contributed by atoms with van der Waals surface area (Å²) in [5, 5.41) is 3.54. The first-order chi connectivity index (χ1) is 7.67. The summed E-state index contributed by atoms with van der Waals surface area (Å²) in [4.78, 5) is 0. The molecule has 1 saturated carbocycles. The minimum Gasteiger partial charge on any atom is -0.317 e. The molecule has 16 heavy (non-hydrogen) atoms. The zero-order valence-electron chi connectivity index (χ0n) is 11.8. The highest BCUT2D eigenvalue weighted by Gasteiger charge is 2.28. The van der Waals surface area contributed by atoms with Crippen LogP contribution in [0.2, 0.25) is 0 Å². The smallest absolute Gasteiger partial charge is 0.00925 e. The molecule has 0 aromatic heterocycles. The second-order valence-electron chi connectivity index (χ2n) is 6.09. The lowest BCUT2D eigenvalue weighted by atomic mass is 9.74. The van der Waals surface area contributed by atoms with Crippen LogP contribution in [0.25, 0.3) is 0 Å². The molecule has 1 aliphatic rings. The predicted octanol–water partition coefficient (Wildman–Crippen LogP) is 4.23. The molecule has 1 fully saturated rings. The zero-order chi connectivity index (χ0) is 12.0. The van der Waals surface area contributed by atoms with Crippen molar-refractivity contribution in [1.82, 2.24) is 5.32 Å². The highest BCUT2D eigenvalue weighted by molar-refractivity contribution is 4.84. The van der Waals surface area contributed by atoms with Gasteiger partial charge in [0.2, 0.25) is 0 Å². The van der Waals surface area contributed by atoms with E-state index in [1.54, 1.807) is 0 Å². The molecule has 0 radical (unpaired) electrons. The largest absolute Gasteiger partial charge is 0.317 e. The Labute approximate surface area is 102 Å². The third kappa shape index (κ3) is 4.45. The maximum atomic E-state index is 3.54. The van der Waals surface area contributed by atoms with Crippen molar-refractivity contribution in [3.63, 3.8) is 0 Å². The van der Waals surface area contributed by atoms with E-state index in [-0.39, 0.29) is 0 Å². The van der Waals surface area contributed by atoms with Crippen LogP contribution in [0, 0.1) is 17.8 Å². The topological polar surface area (TPSA) is 12.0 Å². The van der Waals surface area contributed by atoms with Gasteiger partial charge in [-0.15, -0.1) is 0 Å². The third-order valence-corrected chi connectivity index (χ3v) is 4.27. The van der Waals surface area contributed by atoms with Gasteiger partial charge in [0.15, 0.2) is 0 Å². The summed E-state index contributed by atoms with van der Waals surface area (Å²) in [5.74, 6) is 2.83. The maximum Gasteiger partial charge on any atom is 0.00925 e. The zero-order valence-corrected chi connectivity index (χ0v) is 11.8. The molecule has 1 heteroatoms. The van der Waals surface area contributed by atoms with Crippen LogP contribution in [0.1, 0.15) is 65.7 Å². The van der Waals surface area contributed by atoms with E-state index in [2.05, 4.69) is 33.1 Å². The van der Waals surface area contributed by atoms with E-state index in [1.807, 2.05) is 0 Å². The van der Waals surface area contributed by atoms with Crippen molar-refractivity contribution in [1.29, 1.82) is 0 Å². The molecule has 1 rings (SSSR count). The molecule has 1 aliphatic carbocycles. The quantitative estimate of drug-likeness (QED) is 0.713. The van der Waals surface area contributed by atoms with Crippen molar-refractivity contribution in [2.24, 2.45) is 17.8 Å². The Balaban J connectivity index is 2.40. The fourth-order valence-corrected chi connectivity index (χ4v) is 3.28. The van der Waals surface area contributed by atoms with Gasteiger partial charge in [0.05, 0.1) is 0 Å². The lowest BCUT2D eigenvalue weighted by Crippen LogP contribution is -2.38. The number of hydrogen-bond donors (Lipinski definition) is 1. The highest BCUT2D eigenvalue weighted by Crippen LogP contribution is 2.35. The first-order valence-electron chi connectivity index (χ1n) is 7.34. The van der Waals surface area contributed by atoms with Gasteiger partial charge >= 0.3 is 0 Å².